The SMILES string of the molecule is Cc1cc(=O)n(CC(=O)NCc2ccc(F)cc2F)c(N2CCCCC2)n1. The molecule has 1 aliphatic heterocycles. The van der Waals surface area contributed by atoms with Crippen molar-refractivity contribution in [2.45, 2.75) is 39.3 Å². The summed E-state index contributed by atoms with van der Waals surface area (Å²) in [5, 5.41) is 2.57. The van der Waals surface area contributed by atoms with Crippen LogP contribution in [0.4, 0.5) is 14.7 Å². The average molecular weight is 376 g/mol. The molecule has 0 unspecified atom stereocenters. The van der Waals surface area contributed by atoms with Gasteiger partial charge in [-0.1, -0.05) is 6.07 Å². The van der Waals surface area contributed by atoms with Gasteiger partial charge in [0.2, 0.25) is 11.9 Å². The monoisotopic (exact) mass is 376 g/mol. The summed E-state index contributed by atoms with van der Waals surface area (Å²) < 4.78 is 28.0. The minimum absolute atomic E-state index is 0.0853. The number of piperidine rings is 1. The van der Waals surface area contributed by atoms with Crippen LogP contribution in [-0.4, -0.2) is 28.5 Å². The molecule has 0 bridgehead atoms. The number of nitrogens with zero attached hydrogens (tertiary/aromatic N) is 3. The molecule has 0 aliphatic carbocycles. The molecule has 3 rings (SSSR count). The van der Waals surface area contributed by atoms with Crippen LogP contribution in [0.3, 0.4) is 0 Å². The molecule has 1 amide bonds. The Kier molecular flexibility index (Phi) is 5.83. The zero-order chi connectivity index (χ0) is 19.4. The summed E-state index contributed by atoms with van der Waals surface area (Å²) >= 11 is 0. The molecule has 0 spiro atoms. The van der Waals surface area contributed by atoms with Crippen molar-refractivity contribution in [3.8, 4) is 0 Å². The molecule has 1 aromatic carbocycles. The Balaban J connectivity index is 1.74. The number of rotatable bonds is 5. The molecule has 1 aliphatic rings. The van der Waals surface area contributed by atoms with Crippen LogP contribution in [0.5, 0.6) is 0 Å². The van der Waals surface area contributed by atoms with Gasteiger partial charge in [0.25, 0.3) is 5.56 Å². The van der Waals surface area contributed by atoms with E-state index in [9.17, 15) is 18.4 Å². The van der Waals surface area contributed by atoms with E-state index in [0.29, 0.717) is 11.6 Å². The van der Waals surface area contributed by atoms with E-state index in [2.05, 4.69) is 10.3 Å². The number of amides is 1. The van der Waals surface area contributed by atoms with Gasteiger partial charge in [-0.05, 0) is 32.3 Å². The van der Waals surface area contributed by atoms with Crippen molar-refractivity contribution in [2.24, 2.45) is 0 Å². The summed E-state index contributed by atoms with van der Waals surface area (Å²) in [5.74, 6) is -1.35. The van der Waals surface area contributed by atoms with E-state index >= 15 is 0 Å². The molecule has 6 nitrogen and oxygen atoms in total. The summed E-state index contributed by atoms with van der Waals surface area (Å²) in [7, 11) is 0. The number of halogens is 2. The van der Waals surface area contributed by atoms with Crippen LogP contribution in [-0.2, 0) is 17.9 Å². The van der Waals surface area contributed by atoms with E-state index in [4.69, 9.17) is 0 Å². The summed E-state index contributed by atoms with van der Waals surface area (Å²) in [6.07, 6.45) is 3.16. The molecular weight excluding hydrogens is 354 g/mol. The lowest BCUT2D eigenvalue weighted by Crippen LogP contribution is -2.39. The molecule has 1 fully saturated rings. The van der Waals surface area contributed by atoms with Crippen LogP contribution in [0.2, 0.25) is 0 Å². The third-order valence-electron chi connectivity index (χ3n) is 4.55. The number of hydrogen-bond acceptors (Lipinski definition) is 4. The second kappa shape index (κ2) is 8.28. The number of hydrogen-bond donors (Lipinski definition) is 1. The lowest BCUT2D eigenvalue weighted by molar-refractivity contribution is -0.121. The van der Waals surface area contributed by atoms with Crippen molar-refractivity contribution in [1.29, 1.82) is 0 Å². The fourth-order valence-electron chi connectivity index (χ4n) is 3.15. The first-order chi connectivity index (χ1) is 12.9. The highest BCUT2D eigenvalue weighted by Crippen LogP contribution is 2.17. The molecule has 2 aromatic rings. The normalized spacial score (nSPS) is 14.3. The van der Waals surface area contributed by atoms with Crippen LogP contribution < -0.4 is 15.8 Å². The van der Waals surface area contributed by atoms with Crippen molar-refractivity contribution in [3.05, 3.63) is 57.5 Å². The lowest BCUT2D eigenvalue weighted by atomic mass is 10.1. The zero-order valence-corrected chi connectivity index (χ0v) is 15.2. The fourth-order valence-corrected chi connectivity index (χ4v) is 3.15. The summed E-state index contributed by atoms with van der Waals surface area (Å²) in [4.78, 5) is 31.2. The van der Waals surface area contributed by atoms with Gasteiger partial charge in [0.1, 0.15) is 18.2 Å². The van der Waals surface area contributed by atoms with E-state index in [1.807, 2.05) is 4.90 Å². The Hall–Kier alpha value is -2.77. The van der Waals surface area contributed by atoms with Gasteiger partial charge in [-0.25, -0.2) is 13.8 Å². The summed E-state index contributed by atoms with van der Waals surface area (Å²) in [5.41, 5.74) is 0.479. The van der Waals surface area contributed by atoms with E-state index in [0.717, 1.165) is 44.5 Å². The van der Waals surface area contributed by atoms with Gasteiger partial charge in [0.05, 0.1) is 0 Å². The third-order valence-corrected chi connectivity index (χ3v) is 4.55. The summed E-state index contributed by atoms with van der Waals surface area (Å²) in [6.45, 7) is 3.03. The van der Waals surface area contributed by atoms with Crippen LogP contribution in [0, 0.1) is 18.6 Å². The van der Waals surface area contributed by atoms with Gasteiger partial charge in [-0.15, -0.1) is 0 Å². The van der Waals surface area contributed by atoms with Crippen molar-refractivity contribution in [1.82, 2.24) is 14.9 Å². The molecule has 8 heteroatoms. The minimum Gasteiger partial charge on any atom is -0.350 e. The minimum atomic E-state index is -0.724. The predicted molar refractivity (Wildman–Crippen MR) is 97.5 cm³/mol. The highest BCUT2D eigenvalue weighted by Gasteiger charge is 2.19. The molecule has 144 valence electrons. The lowest BCUT2D eigenvalue weighted by Gasteiger charge is -2.29. The van der Waals surface area contributed by atoms with E-state index in [1.165, 1.54) is 16.7 Å². The molecule has 1 aromatic heterocycles. The van der Waals surface area contributed by atoms with E-state index in [-0.39, 0.29) is 24.2 Å². The Morgan fingerprint density at radius 1 is 1.19 bits per heavy atom. The smallest absolute Gasteiger partial charge is 0.255 e. The number of anilines is 1. The fraction of sp³-hybridized carbons (Fsp3) is 0.421. The van der Waals surface area contributed by atoms with Crippen LogP contribution in [0.1, 0.15) is 30.5 Å². The van der Waals surface area contributed by atoms with Gasteiger partial charge in [0, 0.05) is 43.0 Å². The maximum atomic E-state index is 13.7. The topological polar surface area (TPSA) is 67.2 Å². The van der Waals surface area contributed by atoms with Crippen molar-refractivity contribution in [2.75, 3.05) is 18.0 Å². The van der Waals surface area contributed by atoms with Gasteiger partial charge < -0.3 is 10.2 Å². The Bertz CT molecular complexity index is 892. The van der Waals surface area contributed by atoms with Crippen LogP contribution in [0.25, 0.3) is 0 Å². The molecule has 0 atom stereocenters. The van der Waals surface area contributed by atoms with Gasteiger partial charge >= 0.3 is 0 Å². The maximum Gasteiger partial charge on any atom is 0.255 e. The third kappa shape index (κ3) is 4.69. The number of carbonyl (C=O) groups excluding carboxylic acids is 1. The first kappa shape index (κ1) is 19.0. The van der Waals surface area contributed by atoms with Gasteiger partial charge in [-0.3, -0.25) is 14.2 Å². The second-order valence-corrected chi connectivity index (χ2v) is 6.68. The number of carbonyl (C=O) groups is 1. The Morgan fingerprint density at radius 2 is 1.93 bits per heavy atom. The van der Waals surface area contributed by atoms with E-state index in [1.54, 1.807) is 6.92 Å². The van der Waals surface area contributed by atoms with Crippen molar-refractivity contribution >= 4 is 11.9 Å². The maximum absolute atomic E-state index is 13.7. The molecular formula is C19H22F2N4O2. The number of benzene rings is 1. The molecule has 0 saturated carbocycles. The van der Waals surface area contributed by atoms with Gasteiger partial charge in [0.15, 0.2) is 0 Å². The standard InChI is InChI=1S/C19H22F2N4O2/c1-13-9-18(27)25(19(23-13)24-7-3-2-4-8-24)12-17(26)22-11-14-5-6-15(20)10-16(14)21/h5-6,9-10H,2-4,7-8,11-12H2,1H3,(H,22,26). The molecule has 1 saturated heterocycles. The predicted octanol–water partition coefficient (Wildman–Crippen LogP) is 2.14. The number of nitrogens with one attached hydrogen (secondary N) is 1. The average Bonchev–Trinajstić information content (AvgIpc) is 2.63. The van der Waals surface area contributed by atoms with Crippen molar-refractivity contribution < 1.29 is 13.6 Å². The quantitative estimate of drug-likeness (QED) is 0.868. The Labute approximate surface area is 155 Å². The molecule has 1 N–H and O–H groups in total. The molecule has 0 radical (unpaired) electrons. The van der Waals surface area contributed by atoms with Crippen molar-refractivity contribution in [3.63, 3.8) is 0 Å². The first-order valence-corrected chi connectivity index (χ1v) is 8.98. The van der Waals surface area contributed by atoms with E-state index < -0.39 is 17.5 Å². The molecule has 2 heterocycles. The number of aromatic nitrogens is 2. The first-order valence-electron chi connectivity index (χ1n) is 8.98. The van der Waals surface area contributed by atoms with Crippen LogP contribution >= 0.6 is 0 Å². The van der Waals surface area contributed by atoms with Crippen LogP contribution in [0.15, 0.2) is 29.1 Å². The second-order valence-electron chi connectivity index (χ2n) is 6.68. The van der Waals surface area contributed by atoms with Gasteiger partial charge in [-0.2, -0.15) is 0 Å². The highest BCUT2D eigenvalue weighted by molar-refractivity contribution is 5.76. The zero-order valence-electron chi connectivity index (χ0n) is 15.2. The Morgan fingerprint density at radius 3 is 2.63 bits per heavy atom. The number of aryl methyl sites for hydroxylation is 1. The molecule has 27 heavy (non-hydrogen) atoms. The highest BCUT2D eigenvalue weighted by atomic mass is 19.1. The summed E-state index contributed by atoms with van der Waals surface area (Å²) in [6, 6.07) is 4.57. The largest absolute Gasteiger partial charge is 0.350 e.